The Morgan fingerprint density at radius 3 is 2.21 bits per heavy atom. The van der Waals surface area contributed by atoms with Gasteiger partial charge in [0.15, 0.2) is 5.78 Å². The third-order valence-corrected chi connectivity index (χ3v) is 4.76. The number of carbonyl (C=O) groups is 3. The molecule has 7 heteroatoms. The van der Waals surface area contributed by atoms with Gasteiger partial charge in [-0.3, -0.25) is 24.5 Å². The van der Waals surface area contributed by atoms with Crippen molar-refractivity contribution in [2.75, 3.05) is 4.90 Å². The Morgan fingerprint density at radius 1 is 0.862 bits per heavy atom. The van der Waals surface area contributed by atoms with Crippen LogP contribution in [0.5, 0.6) is 0 Å². The van der Waals surface area contributed by atoms with E-state index in [1.54, 1.807) is 24.3 Å². The van der Waals surface area contributed by atoms with E-state index in [-0.39, 0.29) is 27.9 Å². The summed E-state index contributed by atoms with van der Waals surface area (Å²) in [4.78, 5) is 49.8. The first-order valence-corrected chi connectivity index (χ1v) is 8.75. The van der Waals surface area contributed by atoms with Gasteiger partial charge >= 0.3 is 0 Å². The lowest BCUT2D eigenvalue weighted by atomic mass is 9.99. The number of imide groups is 1. The van der Waals surface area contributed by atoms with Gasteiger partial charge in [0.05, 0.1) is 21.7 Å². The summed E-state index contributed by atoms with van der Waals surface area (Å²) < 4.78 is 0. The molecule has 3 aromatic rings. The van der Waals surface area contributed by atoms with Crippen LogP contribution in [0.4, 0.5) is 11.4 Å². The summed E-state index contributed by atoms with van der Waals surface area (Å²) in [6.07, 6.45) is 0. The molecule has 142 valence electrons. The number of benzene rings is 3. The zero-order valence-corrected chi connectivity index (χ0v) is 15.3. The fourth-order valence-corrected chi connectivity index (χ4v) is 3.24. The monoisotopic (exact) mass is 386 g/mol. The molecule has 4 rings (SSSR count). The molecule has 0 radical (unpaired) electrons. The van der Waals surface area contributed by atoms with Crippen molar-refractivity contribution in [3.8, 4) is 0 Å². The summed E-state index contributed by atoms with van der Waals surface area (Å²) in [5.74, 6) is -1.43. The molecule has 0 aromatic heterocycles. The van der Waals surface area contributed by atoms with E-state index < -0.39 is 22.5 Å². The number of nitro groups is 1. The quantitative estimate of drug-likeness (QED) is 0.293. The number of amides is 2. The number of rotatable bonds is 4. The molecule has 0 N–H and O–H groups in total. The number of carbonyl (C=O) groups excluding carboxylic acids is 3. The summed E-state index contributed by atoms with van der Waals surface area (Å²) in [7, 11) is 0. The maximum atomic E-state index is 12.9. The minimum absolute atomic E-state index is 0.131. The highest BCUT2D eigenvalue weighted by Crippen LogP contribution is 2.30. The summed E-state index contributed by atoms with van der Waals surface area (Å²) in [6.45, 7) is 1.90. The lowest BCUT2D eigenvalue weighted by Crippen LogP contribution is -2.29. The van der Waals surface area contributed by atoms with Crippen LogP contribution in [-0.2, 0) is 0 Å². The number of fused-ring (bicyclic) bond motifs is 1. The second-order valence-electron chi connectivity index (χ2n) is 6.68. The molecule has 29 heavy (non-hydrogen) atoms. The van der Waals surface area contributed by atoms with Crippen LogP contribution in [-0.4, -0.2) is 22.5 Å². The van der Waals surface area contributed by atoms with E-state index in [0.717, 1.165) is 10.5 Å². The Hall–Kier alpha value is -4.13. The first-order chi connectivity index (χ1) is 13.9. The third-order valence-electron chi connectivity index (χ3n) is 4.76. The van der Waals surface area contributed by atoms with Crippen LogP contribution < -0.4 is 4.90 Å². The van der Waals surface area contributed by atoms with Gasteiger partial charge in [0.2, 0.25) is 0 Å². The number of aryl methyl sites for hydroxylation is 1. The molecule has 0 saturated heterocycles. The zero-order chi connectivity index (χ0) is 20.7. The number of non-ortho nitro benzene ring substituents is 1. The highest BCUT2D eigenvalue weighted by Gasteiger charge is 2.37. The molecule has 0 unspecified atom stereocenters. The summed E-state index contributed by atoms with van der Waals surface area (Å²) >= 11 is 0. The van der Waals surface area contributed by atoms with Crippen LogP contribution in [0.25, 0.3) is 0 Å². The molecule has 0 fully saturated rings. The number of ketones is 1. The fourth-order valence-electron chi connectivity index (χ4n) is 3.24. The Balaban J connectivity index is 1.70. The highest BCUT2D eigenvalue weighted by molar-refractivity contribution is 6.34. The standard InChI is InChI=1S/C22H14N2O5/c1-13-5-8-16(9-6-13)23-21(26)18-10-7-15(12-19(18)22(23)27)20(25)14-3-2-4-17(11-14)24(28)29/h2-12H,1H3. The van der Waals surface area contributed by atoms with E-state index in [2.05, 4.69) is 0 Å². The van der Waals surface area contributed by atoms with E-state index in [9.17, 15) is 24.5 Å². The van der Waals surface area contributed by atoms with E-state index >= 15 is 0 Å². The molecule has 1 aliphatic rings. The highest BCUT2D eigenvalue weighted by atomic mass is 16.6. The largest absolute Gasteiger partial charge is 0.289 e. The molecule has 1 aliphatic heterocycles. The molecule has 1 heterocycles. The van der Waals surface area contributed by atoms with Gasteiger partial charge in [-0.25, -0.2) is 4.90 Å². The van der Waals surface area contributed by atoms with Gasteiger partial charge in [-0.1, -0.05) is 35.9 Å². The molecule has 0 atom stereocenters. The number of anilines is 1. The molecule has 0 spiro atoms. The Bertz CT molecular complexity index is 1200. The lowest BCUT2D eigenvalue weighted by molar-refractivity contribution is -0.384. The second-order valence-corrected chi connectivity index (χ2v) is 6.68. The Labute approximate surface area is 165 Å². The van der Waals surface area contributed by atoms with Crippen LogP contribution in [0.15, 0.2) is 66.7 Å². The topological polar surface area (TPSA) is 97.6 Å². The molecule has 7 nitrogen and oxygen atoms in total. The first-order valence-electron chi connectivity index (χ1n) is 8.75. The molecule has 2 amide bonds. The number of hydrogen-bond donors (Lipinski definition) is 0. The van der Waals surface area contributed by atoms with E-state index in [1.807, 2.05) is 6.92 Å². The van der Waals surface area contributed by atoms with Crippen LogP contribution >= 0.6 is 0 Å². The number of nitro benzene ring substituents is 1. The molecular weight excluding hydrogens is 372 g/mol. The molecule has 0 aliphatic carbocycles. The van der Waals surface area contributed by atoms with Gasteiger partial charge in [0.25, 0.3) is 17.5 Å². The van der Waals surface area contributed by atoms with Crippen molar-refractivity contribution in [1.29, 1.82) is 0 Å². The fraction of sp³-hybridized carbons (Fsp3) is 0.0455. The van der Waals surface area contributed by atoms with Gasteiger partial charge < -0.3 is 0 Å². The van der Waals surface area contributed by atoms with Crippen LogP contribution in [0.3, 0.4) is 0 Å². The van der Waals surface area contributed by atoms with E-state index in [1.165, 1.54) is 42.5 Å². The Kier molecular flexibility index (Phi) is 4.27. The summed E-state index contributed by atoms with van der Waals surface area (Å²) in [5, 5.41) is 10.9. The second kappa shape index (κ2) is 6.79. The number of hydrogen-bond acceptors (Lipinski definition) is 5. The molecule has 0 bridgehead atoms. The Morgan fingerprint density at radius 2 is 1.52 bits per heavy atom. The van der Waals surface area contributed by atoms with Gasteiger partial charge in [0, 0.05) is 23.3 Å². The third kappa shape index (κ3) is 3.08. The number of nitrogens with zero attached hydrogens (tertiary/aromatic N) is 2. The molecular formula is C22H14N2O5. The first kappa shape index (κ1) is 18.2. The molecule has 3 aromatic carbocycles. The van der Waals surface area contributed by atoms with Gasteiger partial charge in [-0.15, -0.1) is 0 Å². The minimum atomic E-state index is -0.582. The maximum absolute atomic E-state index is 12.9. The van der Waals surface area contributed by atoms with Crippen molar-refractivity contribution in [1.82, 2.24) is 0 Å². The van der Waals surface area contributed by atoms with Crippen molar-refractivity contribution >= 4 is 29.0 Å². The van der Waals surface area contributed by atoms with Crippen LogP contribution in [0.2, 0.25) is 0 Å². The van der Waals surface area contributed by atoms with Crippen molar-refractivity contribution in [2.24, 2.45) is 0 Å². The minimum Gasteiger partial charge on any atom is -0.289 e. The average molecular weight is 386 g/mol. The predicted molar refractivity (Wildman–Crippen MR) is 105 cm³/mol. The zero-order valence-electron chi connectivity index (χ0n) is 15.3. The summed E-state index contributed by atoms with van der Waals surface area (Å²) in [5.41, 5.74) is 1.90. The van der Waals surface area contributed by atoms with Crippen molar-refractivity contribution in [2.45, 2.75) is 6.92 Å². The van der Waals surface area contributed by atoms with Gasteiger partial charge in [-0.05, 0) is 31.2 Å². The van der Waals surface area contributed by atoms with Crippen molar-refractivity contribution < 1.29 is 19.3 Å². The lowest BCUT2D eigenvalue weighted by Gasteiger charge is -2.13. The molecule has 0 saturated carbocycles. The summed E-state index contributed by atoms with van der Waals surface area (Å²) in [6, 6.07) is 16.6. The predicted octanol–water partition coefficient (Wildman–Crippen LogP) is 3.93. The smallest absolute Gasteiger partial charge is 0.270 e. The SMILES string of the molecule is Cc1ccc(N2C(=O)c3ccc(C(=O)c4cccc([N+](=O)[O-])c4)cc3C2=O)cc1. The maximum Gasteiger partial charge on any atom is 0.270 e. The van der Waals surface area contributed by atoms with Crippen LogP contribution in [0.1, 0.15) is 42.2 Å². The van der Waals surface area contributed by atoms with Gasteiger partial charge in [0.1, 0.15) is 0 Å². The average Bonchev–Trinajstić information content (AvgIpc) is 2.98. The van der Waals surface area contributed by atoms with E-state index in [0.29, 0.717) is 5.69 Å². The van der Waals surface area contributed by atoms with E-state index in [4.69, 9.17) is 0 Å². The normalized spacial score (nSPS) is 12.8. The van der Waals surface area contributed by atoms with Crippen molar-refractivity contribution in [3.05, 3.63) is 105 Å². The van der Waals surface area contributed by atoms with Crippen LogP contribution in [0, 0.1) is 17.0 Å². The van der Waals surface area contributed by atoms with Crippen molar-refractivity contribution in [3.63, 3.8) is 0 Å². The van der Waals surface area contributed by atoms with Gasteiger partial charge in [-0.2, -0.15) is 0 Å².